The second kappa shape index (κ2) is 5.05. The lowest BCUT2D eigenvalue weighted by Gasteiger charge is -2.10. The molecule has 0 atom stereocenters. The van der Waals surface area contributed by atoms with Crippen LogP contribution in [0.15, 0.2) is 24.4 Å². The molecule has 2 aromatic heterocycles. The van der Waals surface area contributed by atoms with Crippen LogP contribution in [-0.4, -0.2) is 48.7 Å². The fourth-order valence-electron chi connectivity index (χ4n) is 1.77. The first kappa shape index (κ1) is 11.7. The van der Waals surface area contributed by atoms with Gasteiger partial charge in [-0.1, -0.05) is 6.07 Å². The third-order valence-electron chi connectivity index (χ3n) is 2.64. The summed E-state index contributed by atoms with van der Waals surface area (Å²) in [6.45, 7) is 1.86. The Bertz CT molecular complexity index is 489. The second-order valence-electron chi connectivity index (χ2n) is 4.23. The molecule has 0 radical (unpaired) electrons. The highest BCUT2D eigenvalue weighted by Gasteiger charge is 2.09. The molecule has 17 heavy (non-hydrogen) atoms. The normalized spacial score (nSPS) is 11.1. The standard InChI is InChI=1S/C12H19N5/c1-13-11-10-6-4-5-8-17(10)15-12(11)14-7-9-16(2)3/h4-6,8,13H,7,9H2,1-3H3,(H,14,15). The maximum absolute atomic E-state index is 4.50. The van der Waals surface area contributed by atoms with E-state index in [0.29, 0.717) is 0 Å². The summed E-state index contributed by atoms with van der Waals surface area (Å²) in [6.07, 6.45) is 1.95. The summed E-state index contributed by atoms with van der Waals surface area (Å²) in [5.41, 5.74) is 2.13. The molecule has 0 aromatic carbocycles. The molecular formula is C12H19N5. The van der Waals surface area contributed by atoms with Crippen LogP contribution in [0.4, 0.5) is 11.5 Å². The van der Waals surface area contributed by atoms with Crippen LogP contribution in [0.2, 0.25) is 0 Å². The summed E-state index contributed by atoms with van der Waals surface area (Å²) in [4.78, 5) is 2.14. The Morgan fingerprint density at radius 3 is 2.88 bits per heavy atom. The molecule has 0 bridgehead atoms. The maximum Gasteiger partial charge on any atom is 0.172 e. The van der Waals surface area contributed by atoms with Gasteiger partial charge in [0, 0.05) is 26.3 Å². The van der Waals surface area contributed by atoms with Crippen molar-refractivity contribution in [3.8, 4) is 0 Å². The zero-order chi connectivity index (χ0) is 12.3. The Labute approximate surface area is 101 Å². The molecule has 0 fully saturated rings. The lowest BCUT2D eigenvalue weighted by molar-refractivity contribution is 0.425. The molecule has 5 heteroatoms. The number of likely N-dealkylation sites (N-methyl/N-ethyl adjacent to an activating group) is 1. The first-order valence-electron chi connectivity index (χ1n) is 5.76. The SMILES string of the molecule is CNc1c(NCCN(C)C)nn2ccccc12. The highest BCUT2D eigenvalue weighted by atomic mass is 15.3. The molecule has 0 aliphatic carbocycles. The number of hydrogen-bond donors (Lipinski definition) is 2. The zero-order valence-corrected chi connectivity index (χ0v) is 10.6. The smallest absolute Gasteiger partial charge is 0.172 e. The molecule has 92 valence electrons. The molecule has 2 aromatic rings. The first-order valence-corrected chi connectivity index (χ1v) is 5.76. The predicted molar refractivity (Wildman–Crippen MR) is 71.8 cm³/mol. The van der Waals surface area contributed by atoms with Gasteiger partial charge in [0.15, 0.2) is 5.82 Å². The second-order valence-corrected chi connectivity index (χ2v) is 4.23. The van der Waals surface area contributed by atoms with Crippen molar-refractivity contribution < 1.29 is 0 Å². The number of aromatic nitrogens is 2. The highest BCUT2D eigenvalue weighted by molar-refractivity contribution is 5.82. The van der Waals surface area contributed by atoms with Crippen LogP contribution < -0.4 is 10.6 Å². The average Bonchev–Trinajstić information content (AvgIpc) is 2.66. The average molecular weight is 233 g/mol. The van der Waals surface area contributed by atoms with Gasteiger partial charge in [0.05, 0.1) is 5.52 Å². The fourth-order valence-corrected chi connectivity index (χ4v) is 1.77. The monoisotopic (exact) mass is 233 g/mol. The van der Waals surface area contributed by atoms with Crippen molar-refractivity contribution in [2.24, 2.45) is 0 Å². The Balaban J connectivity index is 2.21. The van der Waals surface area contributed by atoms with E-state index in [1.54, 1.807) is 0 Å². The van der Waals surface area contributed by atoms with E-state index >= 15 is 0 Å². The van der Waals surface area contributed by atoms with Gasteiger partial charge < -0.3 is 15.5 Å². The molecule has 0 spiro atoms. The van der Waals surface area contributed by atoms with Crippen molar-refractivity contribution in [2.45, 2.75) is 0 Å². The maximum atomic E-state index is 4.50. The van der Waals surface area contributed by atoms with Crippen LogP contribution in [0.25, 0.3) is 5.52 Å². The van der Waals surface area contributed by atoms with Crippen molar-refractivity contribution in [3.05, 3.63) is 24.4 Å². The number of anilines is 2. The van der Waals surface area contributed by atoms with Crippen molar-refractivity contribution in [3.63, 3.8) is 0 Å². The lowest BCUT2D eigenvalue weighted by Crippen LogP contribution is -2.21. The van der Waals surface area contributed by atoms with E-state index < -0.39 is 0 Å². The Hall–Kier alpha value is -1.75. The molecule has 0 saturated carbocycles. The van der Waals surface area contributed by atoms with E-state index in [1.165, 1.54) is 0 Å². The summed E-state index contributed by atoms with van der Waals surface area (Å²) < 4.78 is 1.88. The molecule has 0 unspecified atom stereocenters. The molecule has 2 N–H and O–H groups in total. The van der Waals surface area contributed by atoms with E-state index in [0.717, 1.165) is 30.1 Å². The van der Waals surface area contributed by atoms with Gasteiger partial charge in [0.25, 0.3) is 0 Å². The number of nitrogens with one attached hydrogen (secondary N) is 2. The fraction of sp³-hybridized carbons (Fsp3) is 0.417. The quantitative estimate of drug-likeness (QED) is 0.818. The van der Waals surface area contributed by atoms with Crippen molar-refractivity contribution in [1.29, 1.82) is 0 Å². The van der Waals surface area contributed by atoms with Gasteiger partial charge >= 0.3 is 0 Å². The number of fused-ring (bicyclic) bond motifs is 1. The largest absolute Gasteiger partial charge is 0.383 e. The first-order chi connectivity index (χ1) is 8.22. The molecule has 0 amide bonds. The minimum absolute atomic E-state index is 0.881. The van der Waals surface area contributed by atoms with Crippen molar-refractivity contribution in [2.75, 3.05) is 44.9 Å². The van der Waals surface area contributed by atoms with E-state index in [1.807, 2.05) is 29.9 Å². The molecule has 0 saturated heterocycles. The van der Waals surface area contributed by atoms with Gasteiger partial charge in [-0.3, -0.25) is 0 Å². The zero-order valence-electron chi connectivity index (χ0n) is 10.6. The summed E-state index contributed by atoms with van der Waals surface area (Å²) in [5.74, 6) is 0.903. The molecule has 2 rings (SSSR count). The van der Waals surface area contributed by atoms with Crippen LogP contribution in [0.5, 0.6) is 0 Å². The Kier molecular flexibility index (Phi) is 3.49. The highest BCUT2D eigenvalue weighted by Crippen LogP contribution is 2.25. The number of hydrogen-bond acceptors (Lipinski definition) is 4. The predicted octanol–water partition coefficient (Wildman–Crippen LogP) is 1.35. The molecule has 0 aliphatic rings. The van der Waals surface area contributed by atoms with E-state index in [9.17, 15) is 0 Å². The van der Waals surface area contributed by atoms with Gasteiger partial charge in [-0.2, -0.15) is 0 Å². The van der Waals surface area contributed by atoms with Crippen molar-refractivity contribution >= 4 is 17.0 Å². The van der Waals surface area contributed by atoms with Gasteiger partial charge in [-0.25, -0.2) is 4.52 Å². The van der Waals surface area contributed by atoms with E-state index in [2.05, 4.69) is 40.8 Å². The minimum Gasteiger partial charge on any atom is -0.383 e. The summed E-state index contributed by atoms with van der Waals surface area (Å²) >= 11 is 0. The van der Waals surface area contributed by atoms with E-state index in [-0.39, 0.29) is 0 Å². The summed E-state index contributed by atoms with van der Waals surface area (Å²) in [6, 6.07) is 6.04. The topological polar surface area (TPSA) is 44.6 Å². The van der Waals surface area contributed by atoms with Gasteiger partial charge in [-0.15, -0.1) is 5.10 Å². The third-order valence-corrected chi connectivity index (χ3v) is 2.64. The molecular weight excluding hydrogens is 214 g/mol. The summed E-state index contributed by atoms with van der Waals surface area (Å²) in [7, 11) is 6.04. The van der Waals surface area contributed by atoms with Crippen LogP contribution in [-0.2, 0) is 0 Å². The molecule has 0 aliphatic heterocycles. The van der Waals surface area contributed by atoms with Crippen LogP contribution in [0.1, 0.15) is 0 Å². The van der Waals surface area contributed by atoms with Gasteiger partial charge in [0.1, 0.15) is 5.69 Å². The van der Waals surface area contributed by atoms with Crippen molar-refractivity contribution in [1.82, 2.24) is 14.5 Å². The third kappa shape index (κ3) is 2.50. The van der Waals surface area contributed by atoms with Crippen LogP contribution in [0, 0.1) is 0 Å². The van der Waals surface area contributed by atoms with Crippen LogP contribution in [0.3, 0.4) is 0 Å². The summed E-state index contributed by atoms with van der Waals surface area (Å²) in [5, 5.41) is 11.1. The van der Waals surface area contributed by atoms with E-state index in [4.69, 9.17) is 0 Å². The number of nitrogens with zero attached hydrogens (tertiary/aromatic N) is 3. The van der Waals surface area contributed by atoms with Crippen LogP contribution >= 0.6 is 0 Å². The Morgan fingerprint density at radius 1 is 1.35 bits per heavy atom. The molecule has 5 nitrogen and oxygen atoms in total. The molecule has 2 heterocycles. The number of pyridine rings is 1. The Morgan fingerprint density at radius 2 is 2.18 bits per heavy atom. The van der Waals surface area contributed by atoms with Gasteiger partial charge in [-0.05, 0) is 26.2 Å². The minimum atomic E-state index is 0.881. The van der Waals surface area contributed by atoms with Gasteiger partial charge in [0.2, 0.25) is 0 Å². The lowest BCUT2D eigenvalue weighted by atomic mass is 10.3. The number of rotatable bonds is 5.